The molecule has 5 nitrogen and oxygen atoms in total. The van der Waals surface area contributed by atoms with Crippen molar-refractivity contribution in [1.29, 1.82) is 0 Å². The van der Waals surface area contributed by atoms with Crippen LogP contribution in [0.5, 0.6) is 0 Å². The summed E-state index contributed by atoms with van der Waals surface area (Å²) in [4.78, 5) is 17.6. The Labute approximate surface area is 150 Å². The second kappa shape index (κ2) is 7.68. The Kier molecular flexibility index (Phi) is 5.72. The van der Waals surface area contributed by atoms with Crippen LogP contribution in [0.4, 0.5) is 13.2 Å². The lowest BCUT2D eigenvalue weighted by atomic mass is 9.84. The van der Waals surface area contributed by atoms with E-state index in [2.05, 4.69) is 9.88 Å². The van der Waals surface area contributed by atoms with Crippen molar-refractivity contribution >= 4 is 0 Å². The largest absolute Gasteiger partial charge is 0.433 e. The van der Waals surface area contributed by atoms with Crippen molar-refractivity contribution in [2.75, 3.05) is 19.6 Å². The number of rotatable bonds is 4. The summed E-state index contributed by atoms with van der Waals surface area (Å²) in [6.07, 6.45) is 3.21. The Morgan fingerprint density at radius 2 is 1.85 bits per heavy atom. The van der Waals surface area contributed by atoms with E-state index in [0.717, 1.165) is 57.9 Å². The molecule has 26 heavy (non-hydrogen) atoms. The van der Waals surface area contributed by atoms with Crippen LogP contribution in [0.2, 0.25) is 0 Å². The van der Waals surface area contributed by atoms with Crippen LogP contribution in [0.15, 0.2) is 17.2 Å². The van der Waals surface area contributed by atoms with Gasteiger partial charge in [0.05, 0.1) is 11.9 Å². The van der Waals surface area contributed by atoms with Gasteiger partial charge in [-0.05, 0) is 44.7 Å². The van der Waals surface area contributed by atoms with E-state index in [1.165, 1.54) is 11.0 Å². The molecule has 1 aliphatic heterocycles. The van der Waals surface area contributed by atoms with Gasteiger partial charge in [-0.2, -0.15) is 13.2 Å². The average Bonchev–Trinajstić information content (AvgIpc) is 2.58. The quantitative estimate of drug-likeness (QED) is 0.882. The molecule has 1 N–H and O–H groups in total. The Hall–Kier alpha value is -1.41. The molecule has 2 aliphatic rings. The lowest BCUT2D eigenvalue weighted by molar-refractivity contribution is -0.141. The van der Waals surface area contributed by atoms with E-state index in [0.29, 0.717) is 19.2 Å². The van der Waals surface area contributed by atoms with Crippen LogP contribution < -0.4 is 5.56 Å². The molecule has 0 amide bonds. The van der Waals surface area contributed by atoms with Gasteiger partial charge < -0.3 is 10.0 Å². The summed E-state index contributed by atoms with van der Waals surface area (Å²) < 4.78 is 39.0. The van der Waals surface area contributed by atoms with E-state index >= 15 is 0 Å². The molecular formula is C18H26F3N3O2. The van der Waals surface area contributed by atoms with Crippen molar-refractivity contribution in [3.63, 3.8) is 0 Å². The molecule has 8 heteroatoms. The first-order chi connectivity index (χ1) is 12.3. The van der Waals surface area contributed by atoms with Crippen molar-refractivity contribution in [2.45, 2.75) is 63.3 Å². The van der Waals surface area contributed by atoms with Crippen LogP contribution in [0.3, 0.4) is 0 Å². The second-order valence-electron chi connectivity index (χ2n) is 7.77. The smallest absolute Gasteiger partial charge is 0.389 e. The zero-order chi connectivity index (χ0) is 18.8. The minimum absolute atomic E-state index is 0.239. The predicted molar refractivity (Wildman–Crippen MR) is 90.7 cm³/mol. The fraction of sp³-hybridized carbons (Fsp3) is 0.778. The van der Waals surface area contributed by atoms with Crippen molar-refractivity contribution in [3.8, 4) is 0 Å². The number of nitrogens with zero attached hydrogens (tertiary/aromatic N) is 3. The molecule has 0 spiro atoms. The minimum atomic E-state index is -4.59. The van der Waals surface area contributed by atoms with Gasteiger partial charge in [0.15, 0.2) is 5.69 Å². The third-order valence-corrected chi connectivity index (χ3v) is 5.63. The number of β-amino-alcohol motifs (C(OH)–C–C–N with tert-alkyl or cyclic N) is 1. The van der Waals surface area contributed by atoms with Crippen LogP contribution in [0.25, 0.3) is 0 Å². The Bertz CT molecular complexity index is 660. The standard InChI is InChI=1S/C18H26F3N3O2/c19-18(20,21)15-10-16(25)24(13-22-15)11-14-4-8-23(9-5-14)12-17(26)6-2-1-3-7-17/h10,13-14,26H,1-9,11-12H2. The van der Waals surface area contributed by atoms with E-state index in [-0.39, 0.29) is 5.92 Å². The van der Waals surface area contributed by atoms with E-state index in [1.54, 1.807) is 0 Å². The van der Waals surface area contributed by atoms with E-state index in [4.69, 9.17) is 0 Å². The zero-order valence-electron chi connectivity index (χ0n) is 14.8. The molecule has 2 fully saturated rings. The number of aromatic nitrogens is 2. The molecule has 1 aliphatic carbocycles. The first kappa shape index (κ1) is 19.4. The van der Waals surface area contributed by atoms with Gasteiger partial charge in [0, 0.05) is 19.2 Å². The molecular weight excluding hydrogens is 347 g/mol. The van der Waals surface area contributed by atoms with Gasteiger partial charge in [0.2, 0.25) is 0 Å². The van der Waals surface area contributed by atoms with E-state index in [1.807, 2.05) is 0 Å². The normalized spacial score (nSPS) is 22.5. The highest BCUT2D eigenvalue weighted by Gasteiger charge is 2.34. The van der Waals surface area contributed by atoms with Gasteiger partial charge in [-0.25, -0.2) is 4.98 Å². The highest BCUT2D eigenvalue weighted by molar-refractivity contribution is 5.03. The molecule has 1 saturated heterocycles. The number of hydrogen-bond donors (Lipinski definition) is 1. The Morgan fingerprint density at radius 1 is 1.19 bits per heavy atom. The highest BCUT2D eigenvalue weighted by atomic mass is 19.4. The summed E-state index contributed by atoms with van der Waals surface area (Å²) in [6.45, 7) is 2.77. The number of aliphatic hydroxyl groups is 1. The van der Waals surface area contributed by atoms with Crippen molar-refractivity contribution < 1.29 is 18.3 Å². The van der Waals surface area contributed by atoms with Crippen LogP contribution in [0.1, 0.15) is 50.6 Å². The first-order valence-corrected chi connectivity index (χ1v) is 9.34. The van der Waals surface area contributed by atoms with Gasteiger partial charge >= 0.3 is 6.18 Å². The summed E-state index contributed by atoms with van der Waals surface area (Å²) in [5, 5.41) is 10.7. The van der Waals surface area contributed by atoms with Gasteiger partial charge in [-0.1, -0.05) is 19.3 Å². The zero-order valence-corrected chi connectivity index (χ0v) is 14.8. The monoisotopic (exact) mass is 373 g/mol. The topological polar surface area (TPSA) is 58.4 Å². The minimum Gasteiger partial charge on any atom is -0.389 e. The van der Waals surface area contributed by atoms with E-state index in [9.17, 15) is 23.1 Å². The molecule has 3 rings (SSSR count). The van der Waals surface area contributed by atoms with E-state index < -0.39 is 23.0 Å². The van der Waals surface area contributed by atoms with Crippen molar-refractivity contribution in [2.24, 2.45) is 5.92 Å². The van der Waals surface area contributed by atoms with Crippen LogP contribution in [-0.2, 0) is 12.7 Å². The summed E-state index contributed by atoms with van der Waals surface area (Å²) in [6, 6.07) is 0.563. The summed E-state index contributed by atoms with van der Waals surface area (Å²) in [7, 11) is 0. The second-order valence-corrected chi connectivity index (χ2v) is 7.77. The molecule has 1 saturated carbocycles. The maximum absolute atomic E-state index is 12.6. The van der Waals surface area contributed by atoms with Crippen molar-refractivity contribution in [1.82, 2.24) is 14.5 Å². The molecule has 1 aromatic rings. The molecule has 0 unspecified atom stereocenters. The fourth-order valence-electron chi connectivity index (χ4n) is 4.11. The van der Waals surface area contributed by atoms with Crippen molar-refractivity contribution in [3.05, 3.63) is 28.4 Å². The van der Waals surface area contributed by atoms with Gasteiger partial charge in [-0.3, -0.25) is 9.36 Å². The van der Waals surface area contributed by atoms with Gasteiger partial charge in [-0.15, -0.1) is 0 Å². The number of alkyl halides is 3. The molecule has 0 radical (unpaired) electrons. The van der Waals surface area contributed by atoms with Crippen LogP contribution in [-0.4, -0.2) is 44.8 Å². The Balaban J connectivity index is 1.52. The third kappa shape index (κ3) is 4.85. The highest BCUT2D eigenvalue weighted by Crippen LogP contribution is 2.30. The lowest BCUT2D eigenvalue weighted by Gasteiger charge is -2.40. The maximum Gasteiger partial charge on any atom is 0.433 e. The third-order valence-electron chi connectivity index (χ3n) is 5.63. The molecule has 2 heterocycles. The Morgan fingerprint density at radius 3 is 2.42 bits per heavy atom. The number of hydrogen-bond acceptors (Lipinski definition) is 4. The van der Waals surface area contributed by atoms with Crippen LogP contribution >= 0.6 is 0 Å². The molecule has 146 valence electrons. The van der Waals surface area contributed by atoms with Gasteiger partial charge in [0.1, 0.15) is 0 Å². The van der Waals surface area contributed by atoms with Gasteiger partial charge in [0.25, 0.3) is 5.56 Å². The maximum atomic E-state index is 12.6. The fourth-order valence-corrected chi connectivity index (χ4v) is 4.11. The molecule has 1 aromatic heterocycles. The molecule has 0 atom stereocenters. The predicted octanol–water partition coefficient (Wildman–Crippen LogP) is 2.67. The number of likely N-dealkylation sites (tertiary alicyclic amines) is 1. The average molecular weight is 373 g/mol. The lowest BCUT2D eigenvalue weighted by Crippen LogP contribution is -2.47. The summed E-state index contributed by atoms with van der Waals surface area (Å²) >= 11 is 0. The molecule has 0 bridgehead atoms. The first-order valence-electron chi connectivity index (χ1n) is 9.34. The number of piperidine rings is 1. The summed E-state index contributed by atoms with van der Waals surface area (Å²) in [5.74, 6) is 0.239. The summed E-state index contributed by atoms with van der Waals surface area (Å²) in [5.41, 5.74) is -2.38. The SMILES string of the molecule is O=c1cc(C(F)(F)F)ncn1CC1CCN(CC2(O)CCCCC2)CC1. The molecule has 0 aromatic carbocycles. The van der Waals surface area contributed by atoms with Crippen LogP contribution in [0, 0.1) is 5.92 Å². The number of halogens is 3.